The average Bonchev–Trinajstić information content (AvgIpc) is 2.68. The third-order valence-electron chi connectivity index (χ3n) is 4.53. The Balaban J connectivity index is 2.23. The van der Waals surface area contributed by atoms with Crippen LogP contribution in [-0.4, -0.2) is 19.3 Å². The van der Waals surface area contributed by atoms with Crippen molar-refractivity contribution in [2.75, 3.05) is 6.61 Å². The van der Waals surface area contributed by atoms with Crippen molar-refractivity contribution in [2.45, 2.75) is 12.1 Å². The Labute approximate surface area is 156 Å². The normalized spacial score (nSPS) is 12.7. The number of rotatable bonds is 6. The topological polar surface area (TPSA) is 20.2 Å². The highest BCUT2D eigenvalue weighted by atomic mass is 35.5. The first-order valence-electron chi connectivity index (χ1n) is 8.31. The number of halogens is 1. The van der Waals surface area contributed by atoms with Crippen molar-refractivity contribution in [2.24, 2.45) is 0 Å². The molecule has 4 heteroatoms. The lowest BCUT2D eigenvalue weighted by molar-refractivity contribution is 0.287. The third-order valence-corrected chi connectivity index (χ3v) is 8.69. The van der Waals surface area contributed by atoms with Crippen molar-refractivity contribution < 1.29 is 5.11 Å². The van der Waals surface area contributed by atoms with Gasteiger partial charge in [0.25, 0.3) is 0 Å². The molecule has 0 bridgehead atoms. The van der Waals surface area contributed by atoms with E-state index in [9.17, 15) is 5.11 Å². The zero-order valence-corrected chi connectivity index (χ0v) is 15.6. The molecule has 1 nitrogen and oxygen atoms in total. The van der Waals surface area contributed by atoms with Gasteiger partial charge in [-0.3, -0.25) is 0 Å². The maximum atomic E-state index is 9.77. The summed E-state index contributed by atoms with van der Waals surface area (Å²) in [4.78, 5) is 0. The van der Waals surface area contributed by atoms with Crippen LogP contribution in [0.15, 0.2) is 84.9 Å². The summed E-state index contributed by atoms with van der Waals surface area (Å²) in [7, 11) is 4.92. The molecule has 0 unspecified atom stereocenters. The first-order valence-corrected chi connectivity index (χ1v) is 10.6. The zero-order chi connectivity index (χ0) is 17.7. The van der Waals surface area contributed by atoms with Gasteiger partial charge in [0, 0.05) is 30.8 Å². The predicted octanol–water partition coefficient (Wildman–Crippen LogP) is 4.52. The third kappa shape index (κ3) is 3.67. The van der Waals surface area contributed by atoms with E-state index in [1.807, 2.05) is 60.7 Å². The SMILES string of the molecule is [B][P+](c1ccccc1)(c1ccccc1)[C@@H](CCO)c1ccccc1Cl. The molecule has 0 aromatic heterocycles. The maximum absolute atomic E-state index is 9.77. The standard InChI is InChI=1S/C21H20BClOP/c22-25(17-9-3-1-4-10-17,18-11-5-2-6-12-18)21(15-16-24)19-13-7-8-14-20(19)23/h1-14,21,24H,15-16H2/q+1/t21-/m0/s1. The van der Waals surface area contributed by atoms with E-state index in [1.165, 1.54) is 0 Å². The number of hydrogen-bond donors (Lipinski definition) is 1. The van der Waals surface area contributed by atoms with Gasteiger partial charge in [-0.1, -0.05) is 66.2 Å². The summed E-state index contributed by atoms with van der Waals surface area (Å²) in [6.07, 6.45) is 0.567. The number of benzene rings is 3. The van der Waals surface area contributed by atoms with Gasteiger partial charge in [-0.15, -0.1) is 0 Å². The largest absolute Gasteiger partial charge is 0.396 e. The lowest BCUT2D eigenvalue weighted by atomic mass is 10.1. The van der Waals surface area contributed by atoms with E-state index in [0.29, 0.717) is 11.4 Å². The van der Waals surface area contributed by atoms with Gasteiger partial charge in [0.05, 0.1) is 16.3 Å². The van der Waals surface area contributed by atoms with Crippen molar-refractivity contribution in [3.8, 4) is 0 Å². The highest BCUT2D eigenvalue weighted by Crippen LogP contribution is 2.65. The first kappa shape index (κ1) is 18.2. The summed E-state index contributed by atoms with van der Waals surface area (Å²) < 4.78 is 0. The minimum atomic E-state index is -2.29. The Morgan fingerprint density at radius 1 is 0.800 bits per heavy atom. The van der Waals surface area contributed by atoms with E-state index < -0.39 is 7.14 Å². The molecule has 1 atom stereocenters. The molecular formula is C21H20BClOP+. The summed E-state index contributed by atoms with van der Waals surface area (Å²) in [5.74, 6) is 0. The van der Waals surface area contributed by atoms with Gasteiger partial charge in [0.2, 0.25) is 0 Å². The molecule has 3 rings (SSSR count). The molecular weight excluding hydrogens is 345 g/mol. The van der Waals surface area contributed by atoms with E-state index in [0.717, 1.165) is 16.2 Å². The fraction of sp³-hybridized carbons (Fsp3) is 0.143. The average molecular weight is 366 g/mol. The minimum absolute atomic E-state index is 0.0454. The lowest BCUT2D eigenvalue weighted by Crippen LogP contribution is -2.28. The minimum Gasteiger partial charge on any atom is -0.396 e. The Kier molecular flexibility index (Phi) is 5.96. The molecule has 3 aromatic carbocycles. The number of hydrogen-bond acceptors (Lipinski definition) is 1. The monoisotopic (exact) mass is 365 g/mol. The highest BCUT2D eigenvalue weighted by molar-refractivity contribution is 8.08. The molecule has 0 saturated carbocycles. The fourth-order valence-electron chi connectivity index (χ4n) is 3.30. The second-order valence-electron chi connectivity index (χ2n) is 6.00. The van der Waals surface area contributed by atoms with Crippen molar-refractivity contribution >= 4 is 36.9 Å². The number of aliphatic hydroxyl groups excluding tert-OH is 1. The van der Waals surface area contributed by atoms with Crippen molar-refractivity contribution in [1.29, 1.82) is 0 Å². The molecule has 1 N–H and O–H groups in total. The van der Waals surface area contributed by atoms with Gasteiger partial charge < -0.3 is 5.11 Å². The van der Waals surface area contributed by atoms with Gasteiger partial charge in [-0.2, -0.15) is 0 Å². The smallest absolute Gasteiger partial charge is 0.378 e. The van der Waals surface area contributed by atoms with E-state index in [4.69, 9.17) is 19.2 Å². The molecule has 0 aliphatic carbocycles. The second-order valence-corrected chi connectivity index (χ2v) is 9.62. The van der Waals surface area contributed by atoms with Crippen LogP contribution in [0.2, 0.25) is 5.02 Å². The van der Waals surface area contributed by atoms with Gasteiger partial charge >= 0.3 is 7.57 Å². The summed E-state index contributed by atoms with van der Waals surface area (Å²) >= 11 is 6.52. The molecule has 0 aliphatic rings. The molecule has 124 valence electrons. The Bertz CT molecular complexity index is 771. The zero-order valence-electron chi connectivity index (χ0n) is 13.9. The van der Waals surface area contributed by atoms with E-state index in [1.54, 1.807) is 0 Å². The maximum Gasteiger partial charge on any atom is 0.378 e. The quantitative estimate of drug-likeness (QED) is 0.503. The van der Waals surface area contributed by atoms with Crippen LogP contribution in [0.25, 0.3) is 0 Å². The van der Waals surface area contributed by atoms with Crippen LogP contribution in [0.1, 0.15) is 17.6 Å². The van der Waals surface area contributed by atoms with Crippen LogP contribution < -0.4 is 10.6 Å². The second kappa shape index (κ2) is 8.19. The Morgan fingerprint density at radius 2 is 1.28 bits per heavy atom. The summed E-state index contributed by atoms with van der Waals surface area (Å²) in [5, 5.41) is 12.7. The molecule has 2 radical (unpaired) electrons. The van der Waals surface area contributed by atoms with Crippen molar-refractivity contribution in [1.82, 2.24) is 0 Å². The van der Waals surface area contributed by atoms with Crippen LogP contribution in [0, 0.1) is 0 Å². The molecule has 3 aromatic rings. The van der Waals surface area contributed by atoms with Gasteiger partial charge in [-0.25, -0.2) is 0 Å². The van der Waals surface area contributed by atoms with E-state index in [2.05, 4.69) is 24.3 Å². The summed E-state index contributed by atoms with van der Waals surface area (Å²) in [6, 6.07) is 28.2. The highest BCUT2D eigenvalue weighted by Gasteiger charge is 2.46. The van der Waals surface area contributed by atoms with E-state index >= 15 is 0 Å². The van der Waals surface area contributed by atoms with Gasteiger partial charge in [-0.05, 0) is 30.3 Å². The summed E-state index contributed by atoms with van der Waals surface area (Å²) in [6.45, 7) is 0.0640. The first-order chi connectivity index (χ1) is 12.2. The van der Waals surface area contributed by atoms with Crippen molar-refractivity contribution in [3.05, 3.63) is 95.5 Å². The molecule has 0 spiro atoms. The summed E-state index contributed by atoms with van der Waals surface area (Å²) in [5.41, 5.74) is 0.956. The van der Waals surface area contributed by atoms with Gasteiger partial charge in [0.1, 0.15) is 0 Å². The molecule has 0 fully saturated rings. The Hall–Kier alpha value is -1.60. The van der Waals surface area contributed by atoms with Crippen LogP contribution in [0.4, 0.5) is 0 Å². The molecule has 25 heavy (non-hydrogen) atoms. The fourth-order valence-corrected chi connectivity index (χ4v) is 7.18. The number of aliphatic hydroxyl groups is 1. The molecule has 0 saturated heterocycles. The van der Waals surface area contributed by atoms with Gasteiger partial charge in [0.15, 0.2) is 0 Å². The van der Waals surface area contributed by atoms with E-state index in [-0.39, 0.29) is 12.3 Å². The predicted molar refractivity (Wildman–Crippen MR) is 111 cm³/mol. The molecule has 0 amide bonds. The lowest BCUT2D eigenvalue weighted by Gasteiger charge is -2.33. The van der Waals surface area contributed by atoms with Crippen molar-refractivity contribution in [3.63, 3.8) is 0 Å². The molecule has 0 aliphatic heterocycles. The van der Waals surface area contributed by atoms with Crippen LogP contribution in [0.3, 0.4) is 0 Å². The van der Waals surface area contributed by atoms with Crippen LogP contribution in [0.5, 0.6) is 0 Å². The molecule has 0 heterocycles. The van der Waals surface area contributed by atoms with Crippen LogP contribution in [-0.2, 0) is 0 Å². The van der Waals surface area contributed by atoms with Crippen LogP contribution >= 0.6 is 18.7 Å². The Morgan fingerprint density at radius 3 is 1.76 bits per heavy atom.